The summed E-state index contributed by atoms with van der Waals surface area (Å²) in [6, 6.07) is 0.357. The van der Waals surface area contributed by atoms with Gasteiger partial charge in [-0.1, -0.05) is 0 Å². The zero-order chi connectivity index (χ0) is 7.19. The number of hydrogen-bond donors (Lipinski definition) is 1. The van der Waals surface area contributed by atoms with Gasteiger partial charge in [-0.25, -0.2) is 0 Å². The molecule has 0 radical (unpaired) electrons. The number of hydrogen-bond acceptors (Lipinski definition) is 2. The third-order valence-electron chi connectivity index (χ3n) is 2.62. The molecule has 1 spiro atoms. The third kappa shape index (κ3) is 1.06. The van der Waals surface area contributed by atoms with Crippen LogP contribution in [0.3, 0.4) is 0 Å². The summed E-state index contributed by atoms with van der Waals surface area (Å²) in [5.74, 6) is 0. The quantitative estimate of drug-likeness (QED) is 0.602. The predicted octanol–water partition coefficient (Wildman–Crippen LogP) is 0.429. The Morgan fingerprint density at radius 1 is 1.50 bits per heavy atom. The molecule has 1 atom stereocenters. The largest absolute Gasteiger partial charge is 0.327 e. The summed E-state index contributed by atoms with van der Waals surface area (Å²) in [7, 11) is 0. The molecule has 58 valence electrons. The molecule has 2 nitrogen and oxygen atoms in total. The van der Waals surface area contributed by atoms with E-state index in [0.717, 1.165) is 12.0 Å². The third-order valence-corrected chi connectivity index (χ3v) is 2.62. The molecule has 10 heavy (non-hydrogen) atoms. The fourth-order valence-electron chi connectivity index (χ4n) is 1.93. The van der Waals surface area contributed by atoms with Crippen LogP contribution < -0.4 is 5.73 Å². The molecule has 2 heteroatoms. The molecule has 0 bridgehead atoms. The summed E-state index contributed by atoms with van der Waals surface area (Å²) in [6.45, 7) is 5.84. The van der Waals surface area contributed by atoms with Crippen LogP contribution >= 0.6 is 0 Å². The van der Waals surface area contributed by atoms with Crippen LogP contribution in [0.1, 0.15) is 19.8 Å². The van der Waals surface area contributed by atoms with E-state index in [4.69, 9.17) is 5.73 Å². The minimum absolute atomic E-state index is 0.357. The Balaban J connectivity index is 1.70. The van der Waals surface area contributed by atoms with Gasteiger partial charge in [-0.2, -0.15) is 0 Å². The maximum Gasteiger partial charge on any atom is 0.0139 e. The monoisotopic (exact) mass is 140 g/mol. The molecular weight excluding hydrogens is 124 g/mol. The van der Waals surface area contributed by atoms with Gasteiger partial charge in [-0.05, 0) is 25.2 Å². The molecule has 1 heterocycles. The van der Waals surface area contributed by atoms with Gasteiger partial charge < -0.3 is 10.6 Å². The Kier molecular flexibility index (Phi) is 1.29. The lowest BCUT2D eigenvalue weighted by atomic mass is 9.96. The minimum atomic E-state index is 0.357. The van der Waals surface area contributed by atoms with Crippen LogP contribution in [0.15, 0.2) is 0 Å². The molecule has 0 aromatic carbocycles. The lowest BCUT2D eigenvalue weighted by molar-refractivity contribution is 0.0772. The second kappa shape index (κ2) is 1.95. The van der Waals surface area contributed by atoms with Crippen LogP contribution in [-0.2, 0) is 0 Å². The Labute approximate surface area is 62.4 Å². The van der Waals surface area contributed by atoms with Crippen molar-refractivity contribution in [2.75, 3.05) is 19.6 Å². The zero-order valence-electron chi connectivity index (χ0n) is 6.64. The number of nitrogens with two attached hydrogens (primary N) is 1. The Hall–Kier alpha value is -0.0800. The first-order valence-electron chi connectivity index (χ1n) is 4.18. The van der Waals surface area contributed by atoms with Gasteiger partial charge in [0.05, 0.1) is 0 Å². The van der Waals surface area contributed by atoms with Crippen LogP contribution in [-0.4, -0.2) is 30.6 Å². The second-order valence-corrected chi connectivity index (χ2v) is 4.15. The lowest BCUT2D eigenvalue weighted by Gasteiger charge is -2.40. The van der Waals surface area contributed by atoms with E-state index >= 15 is 0 Å². The van der Waals surface area contributed by atoms with Crippen LogP contribution in [0.2, 0.25) is 0 Å². The van der Waals surface area contributed by atoms with Gasteiger partial charge in [0.15, 0.2) is 0 Å². The van der Waals surface area contributed by atoms with Gasteiger partial charge in [0.25, 0.3) is 0 Å². The van der Waals surface area contributed by atoms with Crippen molar-refractivity contribution in [3.05, 3.63) is 0 Å². The van der Waals surface area contributed by atoms with Crippen LogP contribution in [0.5, 0.6) is 0 Å². The first kappa shape index (κ1) is 6.62. The number of likely N-dealkylation sites (tertiary alicyclic amines) is 1. The summed E-state index contributed by atoms with van der Waals surface area (Å²) >= 11 is 0. The van der Waals surface area contributed by atoms with E-state index in [9.17, 15) is 0 Å². The molecule has 0 amide bonds. The van der Waals surface area contributed by atoms with E-state index < -0.39 is 0 Å². The average Bonchev–Trinajstić information content (AvgIpc) is 2.41. The van der Waals surface area contributed by atoms with E-state index in [2.05, 4.69) is 11.8 Å². The second-order valence-electron chi connectivity index (χ2n) is 4.15. The van der Waals surface area contributed by atoms with Gasteiger partial charge >= 0.3 is 0 Å². The molecule has 1 aliphatic heterocycles. The zero-order valence-corrected chi connectivity index (χ0v) is 6.64. The van der Waals surface area contributed by atoms with Crippen molar-refractivity contribution in [3.63, 3.8) is 0 Å². The smallest absolute Gasteiger partial charge is 0.0139 e. The van der Waals surface area contributed by atoms with Gasteiger partial charge in [0.2, 0.25) is 0 Å². The SMILES string of the molecule is CC(N)CN1CC2(CC2)C1. The van der Waals surface area contributed by atoms with E-state index in [1.54, 1.807) is 0 Å². The Morgan fingerprint density at radius 2 is 2.10 bits per heavy atom. The fraction of sp³-hybridized carbons (Fsp3) is 1.00. The topological polar surface area (TPSA) is 29.3 Å². The van der Waals surface area contributed by atoms with Gasteiger partial charge in [-0.3, -0.25) is 0 Å². The highest BCUT2D eigenvalue weighted by Crippen LogP contribution is 2.52. The predicted molar refractivity (Wildman–Crippen MR) is 41.8 cm³/mol. The maximum atomic E-state index is 5.67. The molecule has 1 aliphatic carbocycles. The Morgan fingerprint density at radius 3 is 2.50 bits per heavy atom. The average molecular weight is 140 g/mol. The number of nitrogens with zero attached hydrogens (tertiary/aromatic N) is 1. The fourth-order valence-corrected chi connectivity index (χ4v) is 1.93. The standard InChI is InChI=1S/C8H16N2/c1-7(9)4-10-5-8(6-10)2-3-8/h7H,2-6,9H2,1H3. The molecule has 2 N–H and O–H groups in total. The van der Waals surface area contributed by atoms with Crippen LogP contribution in [0, 0.1) is 5.41 Å². The van der Waals surface area contributed by atoms with E-state index in [1.807, 2.05) is 0 Å². The van der Waals surface area contributed by atoms with Crippen molar-refractivity contribution in [1.29, 1.82) is 0 Å². The highest BCUT2D eigenvalue weighted by molar-refractivity contribution is 5.05. The highest BCUT2D eigenvalue weighted by atomic mass is 15.2. The van der Waals surface area contributed by atoms with Crippen molar-refractivity contribution in [2.45, 2.75) is 25.8 Å². The van der Waals surface area contributed by atoms with Gasteiger partial charge in [-0.15, -0.1) is 0 Å². The summed E-state index contributed by atoms with van der Waals surface area (Å²) in [6.07, 6.45) is 2.95. The molecule has 2 rings (SSSR count). The lowest BCUT2D eigenvalue weighted by Crippen LogP contribution is -2.51. The highest BCUT2D eigenvalue weighted by Gasteiger charge is 2.51. The van der Waals surface area contributed by atoms with Crippen molar-refractivity contribution in [2.24, 2.45) is 11.1 Å². The normalized spacial score (nSPS) is 31.8. The first-order chi connectivity index (χ1) is 4.70. The van der Waals surface area contributed by atoms with Crippen molar-refractivity contribution in [3.8, 4) is 0 Å². The van der Waals surface area contributed by atoms with E-state index in [1.165, 1.54) is 25.9 Å². The molecule has 0 aromatic rings. The number of rotatable bonds is 2. The van der Waals surface area contributed by atoms with E-state index in [0.29, 0.717) is 6.04 Å². The molecule has 1 saturated heterocycles. The minimum Gasteiger partial charge on any atom is -0.327 e. The first-order valence-corrected chi connectivity index (χ1v) is 4.18. The Bertz CT molecular complexity index is 127. The molecular formula is C8H16N2. The van der Waals surface area contributed by atoms with Gasteiger partial charge in [0, 0.05) is 25.7 Å². The molecule has 1 unspecified atom stereocenters. The van der Waals surface area contributed by atoms with Crippen molar-refractivity contribution < 1.29 is 0 Å². The summed E-state index contributed by atoms with van der Waals surface area (Å²) in [5.41, 5.74) is 6.47. The van der Waals surface area contributed by atoms with E-state index in [-0.39, 0.29) is 0 Å². The van der Waals surface area contributed by atoms with Crippen LogP contribution in [0.4, 0.5) is 0 Å². The molecule has 2 aliphatic rings. The molecule has 2 fully saturated rings. The molecule has 1 saturated carbocycles. The van der Waals surface area contributed by atoms with Crippen molar-refractivity contribution >= 4 is 0 Å². The van der Waals surface area contributed by atoms with Gasteiger partial charge in [0.1, 0.15) is 0 Å². The summed E-state index contributed by atoms with van der Waals surface area (Å²) < 4.78 is 0. The summed E-state index contributed by atoms with van der Waals surface area (Å²) in [5, 5.41) is 0. The molecule has 0 aromatic heterocycles. The maximum absolute atomic E-state index is 5.67. The summed E-state index contributed by atoms with van der Waals surface area (Å²) in [4.78, 5) is 2.47. The van der Waals surface area contributed by atoms with Crippen LogP contribution in [0.25, 0.3) is 0 Å². The van der Waals surface area contributed by atoms with Crippen molar-refractivity contribution in [1.82, 2.24) is 4.90 Å².